The van der Waals surface area contributed by atoms with Crippen molar-refractivity contribution in [2.45, 2.75) is 18.9 Å². The highest BCUT2D eigenvalue weighted by Gasteiger charge is 2.24. The predicted octanol–water partition coefficient (Wildman–Crippen LogP) is 1.70. The molecule has 4 nitrogen and oxygen atoms in total. The molecular formula is C16H26FN3O. The fourth-order valence-electron chi connectivity index (χ4n) is 2.95. The summed E-state index contributed by atoms with van der Waals surface area (Å²) < 4.78 is 19.2. The second-order valence-electron chi connectivity index (χ2n) is 5.51. The van der Waals surface area contributed by atoms with Crippen molar-refractivity contribution < 1.29 is 9.13 Å². The Hall–Kier alpha value is -1.17. The zero-order valence-corrected chi connectivity index (χ0v) is 12.8. The smallest absolute Gasteiger partial charge is 0.146 e. The van der Waals surface area contributed by atoms with Crippen LogP contribution in [0.4, 0.5) is 10.1 Å². The number of anilines is 1. The second kappa shape index (κ2) is 8.32. The topological polar surface area (TPSA) is 41.7 Å². The lowest BCUT2D eigenvalue weighted by atomic mass is 10.1. The van der Waals surface area contributed by atoms with Crippen LogP contribution in [0.2, 0.25) is 0 Å². The summed E-state index contributed by atoms with van der Waals surface area (Å²) >= 11 is 0. The molecule has 1 aromatic rings. The molecule has 0 aromatic heterocycles. The number of methoxy groups -OCH3 is 1. The van der Waals surface area contributed by atoms with Gasteiger partial charge in [-0.1, -0.05) is 12.1 Å². The van der Waals surface area contributed by atoms with Gasteiger partial charge in [-0.2, -0.15) is 0 Å². The summed E-state index contributed by atoms with van der Waals surface area (Å²) in [5, 5.41) is 0. The molecule has 118 valence electrons. The molecule has 1 heterocycles. The first-order valence-electron chi connectivity index (χ1n) is 7.68. The average Bonchev–Trinajstić information content (AvgIpc) is 2.52. The quantitative estimate of drug-likeness (QED) is 0.831. The van der Waals surface area contributed by atoms with Gasteiger partial charge in [0.25, 0.3) is 0 Å². The Morgan fingerprint density at radius 1 is 1.24 bits per heavy atom. The summed E-state index contributed by atoms with van der Waals surface area (Å²) in [5.41, 5.74) is 6.32. The summed E-state index contributed by atoms with van der Waals surface area (Å²) in [4.78, 5) is 4.56. The zero-order chi connectivity index (χ0) is 15.1. The number of nitrogens with two attached hydrogens (primary N) is 1. The van der Waals surface area contributed by atoms with Crippen molar-refractivity contribution >= 4 is 5.69 Å². The van der Waals surface area contributed by atoms with Crippen molar-refractivity contribution in [1.82, 2.24) is 4.90 Å². The minimum atomic E-state index is -0.137. The van der Waals surface area contributed by atoms with Gasteiger partial charge in [-0.05, 0) is 31.5 Å². The van der Waals surface area contributed by atoms with E-state index in [2.05, 4.69) is 9.80 Å². The lowest BCUT2D eigenvalue weighted by molar-refractivity contribution is 0.0800. The van der Waals surface area contributed by atoms with Gasteiger partial charge in [-0.15, -0.1) is 0 Å². The molecule has 0 amide bonds. The van der Waals surface area contributed by atoms with Crippen LogP contribution in [-0.4, -0.2) is 57.4 Å². The summed E-state index contributed by atoms with van der Waals surface area (Å²) in [6.07, 6.45) is 2.07. The molecule has 0 aliphatic carbocycles. The standard InChI is InChI=1S/C16H26FN3O/c1-21-13-14(5-4-8-18)19-9-11-20(12-10-19)16-7-3-2-6-15(16)17/h2-3,6-7,14H,4-5,8-13,18H2,1H3. The minimum absolute atomic E-state index is 0.137. The largest absolute Gasteiger partial charge is 0.383 e. The van der Waals surface area contributed by atoms with E-state index in [-0.39, 0.29) is 5.82 Å². The Labute approximate surface area is 126 Å². The van der Waals surface area contributed by atoms with Crippen molar-refractivity contribution in [3.63, 3.8) is 0 Å². The van der Waals surface area contributed by atoms with Crippen LogP contribution in [0.25, 0.3) is 0 Å². The SMILES string of the molecule is COCC(CCCN)N1CCN(c2ccccc2F)CC1. The lowest BCUT2D eigenvalue weighted by Gasteiger charge is -2.40. The Morgan fingerprint density at radius 3 is 2.57 bits per heavy atom. The van der Waals surface area contributed by atoms with E-state index >= 15 is 0 Å². The van der Waals surface area contributed by atoms with E-state index in [0.717, 1.165) is 52.2 Å². The van der Waals surface area contributed by atoms with E-state index in [1.807, 2.05) is 12.1 Å². The van der Waals surface area contributed by atoms with Crippen LogP contribution in [-0.2, 0) is 4.74 Å². The molecule has 1 aliphatic rings. The van der Waals surface area contributed by atoms with Crippen molar-refractivity contribution in [3.05, 3.63) is 30.1 Å². The molecule has 2 N–H and O–H groups in total. The third-order valence-electron chi connectivity index (χ3n) is 4.12. The number of hydrogen-bond donors (Lipinski definition) is 1. The Morgan fingerprint density at radius 2 is 1.95 bits per heavy atom. The number of rotatable bonds is 7. The Balaban J connectivity index is 1.91. The van der Waals surface area contributed by atoms with Crippen LogP contribution >= 0.6 is 0 Å². The first-order valence-corrected chi connectivity index (χ1v) is 7.68. The maximum absolute atomic E-state index is 13.8. The van der Waals surface area contributed by atoms with E-state index in [9.17, 15) is 4.39 Å². The van der Waals surface area contributed by atoms with Crippen LogP contribution in [0.15, 0.2) is 24.3 Å². The molecule has 1 atom stereocenters. The first-order chi connectivity index (χ1) is 10.3. The number of halogens is 1. The van der Waals surface area contributed by atoms with Gasteiger partial charge in [0.2, 0.25) is 0 Å². The van der Waals surface area contributed by atoms with Gasteiger partial charge >= 0.3 is 0 Å². The van der Waals surface area contributed by atoms with Crippen LogP contribution < -0.4 is 10.6 Å². The highest BCUT2D eigenvalue weighted by molar-refractivity contribution is 5.48. The monoisotopic (exact) mass is 295 g/mol. The fourth-order valence-corrected chi connectivity index (χ4v) is 2.95. The van der Waals surface area contributed by atoms with Crippen molar-refractivity contribution in [2.75, 3.05) is 51.3 Å². The zero-order valence-electron chi connectivity index (χ0n) is 12.8. The van der Waals surface area contributed by atoms with Gasteiger partial charge in [-0.3, -0.25) is 4.90 Å². The van der Waals surface area contributed by atoms with Gasteiger partial charge in [-0.25, -0.2) is 4.39 Å². The number of nitrogens with zero attached hydrogens (tertiary/aromatic N) is 2. The van der Waals surface area contributed by atoms with Crippen LogP contribution in [0, 0.1) is 5.82 Å². The van der Waals surface area contributed by atoms with Crippen molar-refractivity contribution in [3.8, 4) is 0 Å². The van der Waals surface area contributed by atoms with Gasteiger partial charge in [0.05, 0.1) is 12.3 Å². The molecule has 0 saturated carbocycles. The average molecular weight is 295 g/mol. The third kappa shape index (κ3) is 4.40. The third-order valence-corrected chi connectivity index (χ3v) is 4.12. The van der Waals surface area contributed by atoms with Crippen molar-refractivity contribution in [1.29, 1.82) is 0 Å². The van der Waals surface area contributed by atoms with Gasteiger partial charge in [0.15, 0.2) is 0 Å². The highest BCUT2D eigenvalue weighted by Crippen LogP contribution is 2.21. The first kappa shape index (κ1) is 16.2. The second-order valence-corrected chi connectivity index (χ2v) is 5.51. The predicted molar refractivity (Wildman–Crippen MR) is 84.1 cm³/mol. The summed E-state index contributed by atoms with van der Waals surface area (Å²) in [5.74, 6) is -0.137. The molecule has 0 radical (unpaired) electrons. The summed E-state index contributed by atoms with van der Waals surface area (Å²) in [7, 11) is 1.74. The van der Waals surface area contributed by atoms with Crippen molar-refractivity contribution in [2.24, 2.45) is 5.73 Å². The number of hydrogen-bond acceptors (Lipinski definition) is 4. The molecule has 0 bridgehead atoms. The van der Waals surface area contributed by atoms with Gasteiger partial charge in [0, 0.05) is 39.3 Å². The molecule has 1 aliphatic heterocycles. The number of ether oxygens (including phenoxy) is 1. The number of piperazine rings is 1. The Bertz CT molecular complexity index is 422. The molecule has 1 aromatic carbocycles. The van der Waals surface area contributed by atoms with E-state index < -0.39 is 0 Å². The maximum atomic E-state index is 13.8. The molecule has 5 heteroatoms. The van der Waals surface area contributed by atoms with E-state index in [0.29, 0.717) is 11.7 Å². The van der Waals surface area contributed by atoms with Gasteiger partial charge in [0.1, 0.15) is 5.82 Å². The normalized spacial score (nSPS) is 18.0. The lowest BCUT2D eigenvalue weighted by Crippen LogP contribution is -2.51. The van der Waals surface area contributed by atoms with E-state index in [1.54, 1.807) is 13.2 Å². The van der Waals surface area contributed by atoms with Gasteiger partial charge < -0.3 is 15.4 Å². The number of para-hydroxylation sites is 1. The summed E-state index contributed by atoms with van der Waals surface area (Å²) in [6.45, 7) is 5.03. The highest BCUT2D eigenvalue weighted by atomic mass is 19.1. The molecular weight excluding hydrogens is 269 g/mol. The Kier molecular flexibility index (Phi) is 6.42. The molecule has 21 heavy (non-hydrogen) atoms. The molecule has 2 rings (SSSR count). The van der Waals surface area contributed by atoms with Crippen LogP contribution in [0.1, 0.15) is 12.8 Å². The minimum Gasteiger partial charge on any atom is -0.383 e. The molecule has 1 fully saturated rings. The molecule has 1 unspecified atom stereocenters. The maximum Gasteiger partial charge on any atom is 0.146 e. The van der Waals surface area contributed by atoms with Crippen LogP contribution in [0.3, 0.4) is 0 Å². The number of benzene rings is 1. The van der Waals surface area contributed by atoms with E-state index in [4.69, 9.17) is 10.5 Å². The fraction of sp³-hybridized carbons (Fsp3) is 0.625. The van der Waals surface area contributed by atoms with E-state index in [1.165, 1.54) is 6.07 Å². The molecule has 1 saturated heterocycles. The van der Waals surface area contributed by atoms with Crippen LogP contribution in [0.5, 0.6) is 0 Å². The molecule has 0 spiro atoms. The summed E-state index contributed by atoms with van der Waals surface area (Å²) in [6, 6.07) is 7.42.